The Labute approximate surface area is 150 Å². The molecular weight excluding hydrogens is 318 g/mol. The van der Waals surface area contributed by atoms with Crippen LogP contribution in [0.1, 0.15) is 42.1 Å². The lowest BCUT2D eigenvalue weighted by molar-refractivity contribution is 0.0952. The smallest absolute Gasteiger partial charge is 0.288 e. The molecular formula is C18H31N5O2. The molecule has 7 heteroatoms. The summed E-state index contributed by atoms with van der Waals surface area (Å²) in [4.78, 5) is 23.0. The standard InChI is InChI=1S/C18H31N5O2/c1-11(2)15(10-25-6)21-14-7-8-23(9-14)17-12(3)13(4)20-16(22-17)18(24)19-5/h11,14-15,21H,7-10H2,1-6H3,(H,19,24)/t14-,15?/m1/s1. The van der Waals surface area contributed by atoms with Gasteiger partial charge in [0.1, 0.15) is 5.82 Å². The Morgan fingerprint density at radius 2 is 2.08 bits per heavy atom. The van der Waals surface area contributed by atoms with Crippen LogP contribution in [0.3, 0.4) is 0 Å². The summed E-state index contributed by atoms with van der Waals surface area (Å²) in [7, 11) is 3.34. The summed E-state index contributed by atoms with van der Waals surface area (Å²) in [5.41, 5.74) is 1.88. The number of aromatic nitrogens is 2. The molecule has 0 spiro atoms. The fourth-order valence-corrected chi connectivity index (χ4v) is 3.14. The zero-order valence-corrected chi connectivity index (χ0v) is 16.2. The second-order valence-corrected chi connectivity index (χ2v) is 7.06. The van der Waals surface area contributed by atoms with Gasteiger partial charge in [0.25, 0.3) is 5.91 Å². The minimum absolute atomic E-state index is 0.233. The number of hydrogen-bond acceptors (Lipinski definition) is 6. The number of ether oxygens (including phenoxy) is 1. The van der Waals surface area contributed by atoms with Gasteiger partial charge >= 0.3 is 0 Å². The first kappa shape index (κ1) is 19.6. The molecule has 0 aromatic carbocycles. The van der Waals surface area contributed by atoms with E-state index in [0.29, 0.717) is 24.6 Å². The van der Waals surface area contributed by atoms with Crippen LogP contribution in [0.15, 0.2) is 0 Å². The first-order valence-electron chi connectivity index (χ1n) is 8.94. The van der Waals surface area contributed by atoms with Crippen LogP contribution in [0.5, 0.6) is 0 Å². The maximum absolute atomic E-state index is 11.9. The van der Waals surface area contributed by atoms with E-state index >= 15 is 0 Å². The fraction of sp³-hybridized carbons (Fsp3) is 0.722. The lowest BCUT2D eigenvalue weighted by Crippen LogP contribution is -2.45. The van der Waals surface area contributed by atoms with Gasteiger partial charge in [0.15, 0.2) is 0 Å². The quantitative estimate of drug-likeness (QED) is 0.772. The minimum Gasteiger partial charge on any atom is -0.383 e. The zero-order valence-electron chi connectivity index (χ0n) is 16.2. The highest BCUT2D eigenvalue weighted by atomic mass is 16.5. The zero-order chi connectivity index (χ0) is 18.6. The molecule has 1 aliphatic heterocycles. The number of nitrogens with one attached hydrogen (secondary N) is 2. The summed E-state index contributed by atoms with van der Waals surface area (Å²) < 4.78 is 5.34. The molecule has 2 atom stereocenters. The number of methoxy groups -OCH3 is 1. The van der Waals surface area contributed by atoms with E-state index in [1.807, 2.05) is 13.8 Å². The Morgan fingerprint density at radius 1 is 1.36 bits per heavy atom. The van der Waals surface area contributed by atoms with Gasteiger partial charge in [-0.15, -0.1) is 0 Å². The van der Waals surface area contributed by atoms with Gasteiger partial charge < -0.3 is 20.3 Å². The van der Waals surface area contributed by atoms with Crippen molar-refractivity contribution >= 4 is 11.7 Å². The van der Waals surface area contributed by atoms with Crippen LogP contribution in [-0.2, 0) is 4.74 Å². The van der Waals surface area contributed by atoms with Crippen LogP contribution in [-0.4, -0.2) is 61.8 Å². The lowest BCUT2D eigenvalue weighted by atomic mass is 10.0. The molecule has 0 aliphatic carbocycles. The Morgan fingerprint density at radius 3 is 2.68 bits per heavy atom. The number of rotatable bonds is 7. The molecule has 1 saturated heterocycles. The second-order valence-electron chi connectivity index (χ2n) is 7.06. The number of aryl methyl sites for hydroxylation is 1. The van der Waals surface area contributed by atoms with Crippen molar-refractivity contribution < 1.29 is 9.53 Å². The van der Waals surface area contributed by atoms with Gasteiger partial charge in [-0.3, -0.25) is 4.79 Å². The molecule has 0 saturated carbocycles. The summed E-state index contributed by atoms with van der Waals surface area (Å²) in [6, 6.07) is 0.727. The first-order chi connectivity index (χ1) is 11.9. The highest BCUT2D eigenvalue weighted by molar-refractivity contribution is 5.90. The highest BCUT2D eigenvalue weighted by Crippen LogP contribution is 2.24. The maximum Gasteiger partial charge on any atom is 0.288 e. The number of nitrogens with zero attached hydrogens (tertiary/aromatic N) is 3. The predicted molar refractivity (Wildman–Crippen MR) is 99.2 cm³/mol. The number of amides is 1. The first-order valence-corrected chi connectivity index (χ1v) is 8.94. The van der Waals surface area contributed by atoms with E-state index in [2.05, 4.69) is 39.3 Å². The molecule has 0 radical (unpaired) electrons. The third kappa shape index (κ3) is 4.67. The minimum atomic E-state index is -0.252. The Kier molecular flexibility index (Phi) is 6.72. The monoisotopic (exact) mass is 349 g/mol. The predicted octanol–water partition coefficient (Wildman–Crippen LogP) is 1.29. The Bertz CT molecular complexity index is 605. The van der Waals surface area contributed by atoms with Crippen molar-refractivity contribution in [1.29, 1.82) is 0 Å². The molecule has 1 unspecified atom stereocenters. The SMILES string of the molecule is CNC(=O)c1nc(C)c(C)c(N2CC[C@@H](NC(COC)C(C)C)C2)n1. The van der Waals surface area contributed by atoms with E-state index in [4.69, 9.17) is 4.74 Å². The summed E-state index contributed by atoms with van der Waals surface area (Å²) in [6.07, 6.45) is 1.05. The van der Waals surface area contributed by atoms with Gasteiger partial charge in [-0.05, 0) is 26.2 Å². The fourth-order valence-electron chi connectivity index (χ4n) is 3.14. The summed E-state index contributed by atoms with van der Waals surface area (Å²) >= 11 is 0. The molecule has 1 amide bonds. The van der Waals surface area contributed by atoms with Crippen molar-refractivity contribution in [1.82, 2.24) is 20.6 Å². The average Bonchev–Trinajstić information content (AvgIpc) is 3.04. The van der Waals surface area contributed by atoms with E-state index < -0.39 is 0 Å². The third-order valence-corrected chi connectivity index (χ3v) is 4.88. The molecule has 1 aromatic rings. The van der Waals surface area contributed by atoms with Crippen molar-refractivity contribution in [2.24, 2.45) is 5.92 Å². The normalized spacial score (nSPS) is 18.7. The van der Waals surface area contributed by atoms with Crippen molar-refractivity contribution in [2.45, 2.75) is 46.2 Å². The Hall–Kier alpha value is -1.73. The van der Waals surface area contributed by atoms with Crippen LogP contribution >= 0.6 is 0 Å². The molecule has 2 N–H and O–H groups in total. The molecule has 2 rings (SSSR count). The van der Waals surface area contributed by atoms with Crippen molar-refractivity contribution in [2.75, 3.05) is 38.8 Å². The molecule has 140 valence electrons. The van der Waals surface area contributed by atoms with Gasteiger partial charge in [0.05, 0.1) is 6.61 Å². The maximum atomic E-state index is 11.9. The summed E-state index contributed by atoms with van der Waals surface area (Å²) in [6.45, 7) is 10.8. The van der Waals surface area contributed by atoms with Crippen LogP contribution < -0.4 is 15.5 Å². The van der Waals surface area contributed by atoms with Crippen LogP contribution in [0.4, 0.5) is 5.82 Å². The lowest BCUT2D eigenvalue weighted by Gasteiger charge is -2.26. The van der Waals surface area contributed by atoms with Gasteiger partial charge in [-0.25, -0.2) is 9.97 Å². The van der Waals surface area contributed by atoms with Crippen LogP contribution in [0.25, 0.3) is 0 Å². The molecule has 1 aromatic heterocycles. The van der Waals surface area contributed by atoms with Crippen molar-refractivity contribution in [3.63, 3.8) is 0 Å². The van der Waals surface area contributed by atoms with E-state index in [9.17, 15) is 4.79 Å². The van der Waals surface area contributed by atoms with E-state index in [1.54, 1.807) is 14.2 Å². The van der Waals surface area contributed by atoms with Crippen LogP contribution in [0.2, 0.25) is 0 Å². The number of anilines is 1. The molecule has 0 bridgehead atoms. The summed E-state index contributed by atoms with van der Waals surface area (Å²) in [5.74, 6) is 1.36. The van der Waals surface area contributed by atoms with Gasteiger partial charge in [0.2, 0.25) is 5.82 Å². The van der Waals surface area contributed by atoms with Gasteiger partial charge in [0, 0.05) is 50.6 Å². The highest BCUT2D eigenvalue weighted by Gasteiger charge is 2.28. The summed E-state index contributed by atoms with van der Waals surface area (Å²) in [5, 5.41) is 6.31. The molecule has 1 fully saturated rings. The van der Waals surface area contributed by atoms with Crippen molar-refractivity contribution in [3.8, 4) is 0 Å². The number of hydrogen-bond donors (Lipinski definition) is 2. The van der Waals surface area contributed by atoms with Gasteiger partial charge in [-0.2, -0.15) is 0 Å². The second kappa shape index (κ2) is 8.58. The average molecular weight is 349 g/mol. The molecule has 25 heavy (non-hydrogen) atoms. The van der Waals surface area contributed by atoms with Crippen molar-refractivity contribution in [3.05, 3.63) is 17.1 Å². The van der Waals surface area contributed by atoms with Crippen LogP contribution in [0, 0.1) is 19.8 Å². The molecule has 1 aliphatic rings. The Balaban J connectivity index is 2.13. The largest absolute Gasteiger partial charge is 0.383 e. The topological polar surface area (TPSA) is 79.4 Å². The number of carbonyl (C=O) groups is 1. The van der Waals surface area contributed by atoms with E-state index in [0.717, 1.165) is 36.6 Å². The molecule has 2 heterocycles. The van der Waals surface area contributed by atoms with E-state index in [1.165, 1.54) is 0 Å². The molecule has 7 nitrogen and oxygen atoms in total. The third-order valence-electron chi connectivity index (χ3n) is 4.88. The number of carbonyl (C=O) groups excluding carboxylic acids is 1. The van der Waals surface area contributed by atoms with Gasteiger partial charge in [-0.1, -0.05) is 13.8 Å². The van der Waals surface area contributed by atoms with E-state index in [-0.39, 0.29) is 11.7 Å².